The number of carbonyl (C=O) groups is 1. The monoisotopic (exact) mass is 591 g/mol. The number of aliphatic hydroxyl groups is 1. The summed E-state index contributed by atoms with van der Waals surface area (Å²) >= 11 is 16.7. The molecule has 6 nitrogen and oxygen atoms in total. The molecule has 0 bridgehead atoms. The first-order valence-corrected chi connectivity index (χ1v) is 13.1. The molecule has 2 aromatic carbocycles. The lowest BCUT2D eigenvalue weighted by atomic mass is 9.99. The second-order valence-electron chi connectivity index (χ2n) is 9.76. The van der Waals surface area contributed by atoms with Crippen LogP contribution in [0.25, 0.3) is 11.1 Å². The molecule has 2 N–H and O–H groups in total. The number of fused-ring (bicyclic) bond motifs is 1. The highest BCUT2D eigenvalue weighted by molar-refractivity contribution is 9.10. The van der Waals surface area contributed by atoms with Gasteiger partial charge in [0.1, 0.15) is 5.60 Å². The normalized spacial score (nSPS) is 14.3. The van der Waals surface area contributed by atoms with Crippen molar-refractivity contribution in [1.82, 2.24) is 9.88 Å². The molecule has 1 unspecified atom stereocenters. The summed E-state index contributed by atoms with van der Waals surface area (Å²) in [6, 6.07) is 13.0. The predicted molar refractivity (Wildman–Crippen MR) is 148 cm³/mol. The number of hydrogen-bond acceptors (Lipinski definition) is 5. The Morgan fingerprint density at radius 3 is 2.53 bits per heavy atom. The van der Waals surface area contributed by atoms with Gasteiger partial charge >= 0.3 is 6.09 Å². The molecule has 1 atom stereocenters. The first kappa shape index (κ1) is 26.7. The van der Waals surface area contributed by atoms with Crippen LogP contribution in [0.4, 0.5) is 10.5 Å². The number of ether oxygens (including phenoxy) is 1. The standard InChI is InChI=1S/C27H28BrCl2N3O3/c1-15-13-21(31-22-14-33(12-11-16(15)22)26(35)36-27(2,3)4)25(34)32-20-10-6-8-18(24(20)30)17-7-5-9-19(28)23(17)29/h5-10,13,25,32,34H,11-12,14H2,1-4H3. The lowest BCUT2D eigenvalue weighted by Gasteiger charge is -2.31. The minimum Gasteiger partial charge on any atom is -0.444 e. The Balaban J connectivity index is 1.58. The zero-order valence-electron chi connectivity index (χ0n) is 20.5. The second kappa shape index (κ2) is 10.6. The van der Waals surface area contributed by atoms with E-state index in [1.165, 1.54) is 0 Å². The number of nitrogens with zero attached hydrogens (tertiary/aromatic N) is 2. The summed E-state index contributed by atoms with van der Waals surface area (Å²) in [7, 11) is 0. The van der Waals surface area contributed by atoms with Crippen molar-refractivity contribution in [2.75, 3.05) is 11.9 Å². The Bertz CT molecular complexity index is 1310. The van der Waals surface area contributed by atoms with Gasteiger partial charge in [-0.1, -0.05) is 47.5 Å². The summed E-state index contributed by atoms with van der Waals surface area (Å²) in [6.45, 7) is 8.40. The zero-order valence-corrected chi connectivity index (χ0v) is 23.6. The van der Waals surface area contributed by atoms with Crippen molar-refractivity contribution in [2.24, 2.45) is 0 Å². The molecule has 0 aliphatic carbocycles. The van der Waals surface area contributed by atoms with Crippen molar-refractivity contribution in [3.05, 3.63) is 79.5 Å². The fourth-order valence-corrected chi connectivity index (χ4v) is 5.05. The number of nitrogens with one attached hydrogen (secondary N) is 1. The van der Waals surface area contributed by atoms with E-state index in [2.05, 4.69) is 21.2 Å². The van der Waals surface area contributed by atoms with Crippen molar-refractivity contribution in [3.63, 3.8) is 0 Å². The number of halogens is 3. The highest BCUT2D eigenvalue weighted by atomic mass is 79.9. The average Bonchev–Trinajstić information content (AvgIpc) is 2.81. The van der Waals surface area contributed by atoms with E-state index in [0.717, 1.165) is 32.4 Å². The Labute approximate surface area is 229 Å². The van der Waals surface area contributed by atoms with Crippen molar-refractivity contribution < 1.29 is 14.6 Å². The number of anilines is 1. The summed E-state index contributed by atoms with van der Waals surface area (Å²) < 4.78 is 6.29. The fourth-order valence-electron chi connectivity index (χ4n) is 4.18. The van der Waals surface area contributed by atoms with Gasteiger partial charge in [-0.05, 0) is 79.4 Å². The molecule has 3 aromatic rings. The first-order valence-electron chi connectivity index (χ1n) is 11.6. The van der Waals surface area contributed by atoms with Gasteiger partial charge in [0.15, 0.2) is 6.23 Å². The molecule has 4 rings (SSSR count). The number of aliphatic hydroxyl groups excluding tert-OH is 1. The third-order valence-corrected chi connectivity index (χ3v) is 7.59. The maximum Gasteiger partial charge on any atom is 0.410 e. The quantitative estimate of drug-likeness (QED) is 0.306. The van der Waals surface area contributed by atoms with Gasteiger partial charge in [0.05, 0.1) is 33.7 Å². The molecule has 1 aromatic heterocycles. The molecular weight excluding hydrogens is 565 g/mol. The van der Waals surface area contributed by atoms with Gasteiger partial charge in [0, 0.05) is 22.1 Å². The largest absolute Gasteiger partial charge is 0.444 e. The molecule has 1 aliphatic heterocycles. The predicted octanol–water partition coefficient (Wildman–Crippen LogP) is 7.52. The van der Waals surface area contributed by atoms with Crippen LogP contribution < -0.4 is 5.32 Å². The summed E-state index contributed by atoms with van der Waals surface area (Å²) in [5.74, 6) is 0. The zero-order chi connectivity index (χ0) is 26.2. The third kappa shape index (κ3) is 5.80. The van der Waals surface area contributed by atoms with E-state index < -0.39 is 11.8 Å². The maximum absolute atomic E-state index is 12.6. The summed E-state index contributed by atoms with van der Waals surface area (Å²) in [5.41, 5.74) is 4.79. The van der Waals surface area contributed by atoms with E-state index in [9.17, 15) is 9.90 Å². The van der Waals surface area contributed by atoms with Crippen LogP contribution in [0, 0.1) is 6.92 Å². The van der Waals surface area contributed by atoms with Crippen molar-refractivity contribution >= 4 is 50.9 Å². The van der Waals surface area contributed by atoms with Crippen LogP contribution in [0.2, 0.25) is 10.0 Å². The van der Waals surface area contributed by atoms with Gasteiger partial charge < -0.3 is 20.1 Å². The van der Waals surface area contributed by atoms with Crippen LogP contribution in [0.15, 0.2) is 46.9 Å². The van der Waals surface area contributed by atoms with E-state index in [0.29, 0.717) is 40.9 Å². The molecule has 0 radical (unpaired) electrons. The topological polar surface area (TPSA) is 74.7 Å². The smallest absolute Gasteiger partial charge is 0.410 e. The summed E-state index contributed by atoms with van der Waals surface area (Å²) in [6.07, 6.45) is -0.804. The van der Waals surface area contributed by atoms with Gasteiger partial charge in [-0.2, -0.15) is 0 Å². The van der Waals surface area contributed by atoms with Crippen LogP contribution in [0.3, 0.4) is 0 Å². The number of rotatable bonds is 4. The number of amides is 1. The van der Waals surface area contributed by atoms with Gasteiger partial charge in [0.25, 0.3) is 0 Å². The molecular formula is C27H28BrCl2N3O3. The Kier molecular flexibility index (Phi) is 7.86. The van der Waals surface area contributed by atoms with Gasteiger partial charge in [0.2, 0.25) is 0 Å². The Morgan fingerprint density at radius 2 is 1.83 bits per heavy atom. The Morgan fingerprint density at radius 1 is 1.17 bits per heavy atom. The van der Waals surface area contributed by atoms with E-state index in [-0.39, 0.29) is 6.09 Å². The lowest BCUT2D eigenvalue weighted by molar-refractivity contribution is 0.0220. The average molecular weight is 593 g/mol. The van der Waals surface area contributed by atoms with Crippen LogP contribution in [-0.4, -0.2) is 33.2 Å². The fraction of sp³-hybridized carbons (Fsp3) is 0.333. The molecule has 1 amide bonds. The molecule has 0 saturated heterocycles. The first-order chi connectivity index (χ1) is 16.9. The number of aromatic nitrogens is 1. The molecule has 190 valence electrons. The number of pyridine rings is 1. The molecule has 9 heteroatoms. The third-order valence-electron chi connectivity index (χ3n) is 5.89. The van der Waals surface area contributed by atoms with Crippen molar-refractivity contribution in [3.8, 4) is 11.1 Å². The van der Waals surface area contributed by atoms with E-state index in [1.807, 2.05) is 64.1 Å². The highest BCUT2D eigenvalue weighted by Crippen LogP contribution is 2.40. The number of benzene rings is 2. The number of hydrogen-bond donors (Lipinski definition) is 2. The molecule has 36 heavy (non-hydrogen) atoms. The maximum atomic E-state index is 12.6. The van der Waals surface area contributed by atoms with E-state index in [1.54, 1.807) is 11.0 Å². The molecule has 0 saturated carbocycles. The molecule has 2 heterocycles. The van der Waals surface area contributed by atoms with Crippen LogP contribution in [0.1, 0.15) is 49.5 Å². The summed E-state index contributed by atoms with van der Waals surface area (Å²) in [5, 5.41) is 15.1. The second-order valence-corrected chi connectivity index (χ2v) is 11.4. The minimum absolute atomic E-state index is 0.323. The van der Waals surface area contributed by atoms with Crippen molar-refractivity contribution in [2.45, 2.75) is 52.5 Å². The minimum atomic E-state index is -1.11. The molecule has 0 spiro atoms. The van der Waals surface area contributed by atoms with Gasteiger partial charge in [-0.3, -0.25) is 4.98 Å². The van der Waals surface area contributed by atoms with E-state index >= 15 is 0 Å². The highest BCUT2D eigenvalue weighted by Gasteiger charge is 2.28. The SMILES string of the molecule is Cc1cc(C(O)Nc2cccc(-c3cccc(Br)c3Cl)c2Cl)nc2c1CCN(C(=O)OC(C)(C)C)C2. The van der Waals surface area contributed by atoms with Crippen LogP contribution in [0.5, 0.6) is 0 Å². The molecule has 0 fully saturated rings. The van der Waals surface area contributed by atoms with Crippen LogP contribution >= 0.6 is 39.1 Å². The van der Waals surface area contributed by atoms with E-state index in [4.69, 9.17) is 32.9 Å². The lowest BCUT2D eigenvalue weighted by Crippen LogP contribution is -2.40. The van der Waals surface area contributed by atoms with Crippen molar-refractivity contribution in [1.29, 1.82) is 0 Å². The van der Waals surface area contributed by atoms with Crippen LogP contribution in [-0.2, 0) is 17.7 Å². The Hall–Kier alpha value is -2.32. The van der Waals surface area contributed by atoms with Gasteiger partial charge in [-0.25, -0.2) is 4.79 Å². The summed E-state index contributed by atoms with van der Waals surface area (Å²) in [4.78, 5) is 18.9. The van der Waals surface area contributed by atoms with Gasteiger partial charge in [-0.15, -0.1) is 0 Å². The molecule has 1 aliphatic rings. The number of carbonyl (C=O) groups excluding carboxylic acids is 1. The number of aryl methyl sites for hydroxylation is 1.